The molecule has 3 heterocycles. The van der Waals surface area contributed by atoms with Gasteiger partial charge in [-0.05, 0) is 48.7 Å². The Morgan fingerprint density at radius 2 is 1.62 bits per heavy atom. The molecule has 2 aliphatic rings. The fraction of sp³-hybridized carbons (Fsp3) is 0.167. The zero-order valence-electron chi connectivity index (χ0n) is 21.5. The molecule has 10 heteroatoms. The minimum absolute atomic E-state index is 0.164. The number of hydrogen-bond acceptors (Lipinski definition) is 6. The number of hydrogen-bond donors (Lipinski definition) is 0. The average Bonchev–Trinajstić information content (AvgIpc) is 3.72. The predicted octanol–water partition coefficient (Wildman–Crippen LogP) is 5.73. The summed E-state index contributed by atoms with van der Waals surface area (Å²) < 4.78 is 30.4. The second kappa shape index (κ2) is 11.1. The maximum absolute atomic E-state index is 13.4. The molecule has 4 aromatic rings. The monoisotopic (exact) mass is 586 g/mol. The summed E-state index contributed by atoms with van der Waals surface area (Å²) in [5.41, 5.74) is 3.77. The third-order valence-electron chi connectivity index (χ3n) is 6.92. The largest absolute Gasteiger partial charge is 0.288 e. The molecule has 0 N–H and O–H groups in total. The Morgan fingerprint density at radius 1 is 0.925 bits per heavy atom. The Kier molecular flexibility index (Phi) is 7.41. The summed E-state index contributed by atoms with van der Waals surface area (Å²) in [6.07, 6.45) is 5.39. The molecule has 0 spiro atoms. The lowest BCUT2D eigenvalue weighted by Gasteiger charge is -2.16. The lowest BCUT2D eigenvalue weighted by Crippen LogP contribution is -2.27. The maximum Gasteiger partial charge on any atom is 0.266 e. The third kappa shape index (κ3) is 5.27. The molecule has 1 amide bonds. The summed E-state index contributed by atoms with van der Waals surface area (Å²) in [5.74, 6) is -0.164. The fourth-order valence-electron chi connectivity index (χ4n) is 4.86. The molecule has 0 unspecified atom stereocenters. The molecule has 7 nitrogen and oxygen atoms in total. The molecule has 0 radical (unpaired) electrons. The van der Waals surface area contributed by atoms with Crippen LogP contribution < -0.4 is 0 Å². The average molecular weight is 587 g/mol. The van der Waals surface area contributed by atoms with Gasteiger partial charge in [-0.1, -0.05) is 84.6 Å². The van der Waals surface area contributed by atoms with E-state index in [2.05, 4.69) is 0 Å². The Balaban J connectivity index is 1.39. The van der Waals surface area contributed by atoms with Gasteiger partial charge in [-0.15, -0.1) is 0 Å². The SMILES string of the molecule is O=C1C(=Cc2cn(-c3ccccc3)nc2-c2cccc(S(=O)(=O)N3CCCC3)c2)SC(=S)N1Cc1ccccc1. The summed E-state index contributed by atoms with van der Waals surface area (Å²) in [5, 5.41) is 4.84. The molecule has 0 atom stereocenters. The van der Waals surface area contributed by atoms with Gasteiger partial charge in [0.15, 0.2) is 0 Å². The van der Waals surface area contributed by atoms with Crippen LogP contribution in [0.3, 0.4) is 0 Å². The first-order chi connectivity index (χ1) is 19.4. The van der Waals surface area contributed by atoms with E-state index >= 15 is 0 Å². The second-order valence-corrected chi connectivity index (χ2v) is 13.2. The van der Waals surface area contributed by atoms with Crippen molar-refractivity contribution in [1.82, 2.24) is 19.0 Å². The number of carbonyl (C=O) groups is 1. The number of sulfonamides is 1. The van der Waals surface area contributed by atoms with Gasteiger partial charge in [-0.2, -0.15) is 9.40 Å². The standard InChI is InChI=1S/C30H26N4O3S3/c35-29-27(39-30(38)33(29)20-22-10-3-1-4-11-22)19-24-21-34(25-13-5-2-6-14-25)31-28(24)23-12-9-15-26(18-23)40(36,37)32-16-7-8-17-32/h1-6,9-15,18-19,21H,7-8,16-17,20H2. The van der Waals surface area contributed by atoms with E-state index in [0.717, 1.165) is 24.1 Å². The van der Waals surface area contributed by atoms with E-state index in [9.17, 15) is 13.2 Å². The number of nitrogens with zero attached hydrogens (tertiary/aromatic N) is 4. The summed E-state index contributed by atoms with van der Waals surface area (Å²) >= 11 is 6.82. The van der Waals surface area contributed by atoms with Crippen LogP contribution in [-0.4, -0.2) is 50.7 Å². The van der Waals surface area contributed by atoms with E-state index in [1.165, 1.54) is 16.1 Å². The Labute approximate surface area is 243 Å². The van der Waals surface area contributed by atoms with E-state index in [0.29, 0.717) is 45.7 Å². The van der Waals surface area contributed by atoms with Gasteiger partial charge in [-0.3, -0.25) is 9.69 Å². The number of para-hydroxylation sites is 1. The molecule has 202 valence electrons. The highest BCUT2D eigenvalue weighted by Gasteiger charge is 2.33. The molecule has 0 aliphatic carbocycles. The van der Waals surface area contributed by atoms with Crippen LogP contribution in [0, 0.1) is 0 Å². The summed E-state index contributed by atoms with van der Waals surface area (Å²) in [6.45, 7) is 1.46. The molecule has 3 aromatic carbocycles. The maximum atomic E-state index is 13.4. The summed E-state index contributed by atoms with van der Waals surface area (Å²) in [7, 11) is -3.60. The van der Waals surface area contributed by atoms with E-state index in [1.54, 1.807) is 33.9 Å². The second-order valence-electron chi connectivity index (χ2n) is 9.61. The molecule has 2 fully saturated rings. The Morgan fingerprint density at radius 3 is 2.35 bits per heavy atom. The fourth-order valence-corrected chi connectivity index (χ4v) is 7.66. The van der Waals surface area contributed by atoms with Gasteiger partial charge in [0.25, 0.3) is 5.91 Å². The number of carbonyl (C=O) groups excluding carboxylic acids is 1. The van der Waals surface area contributed by atoms with Crippen LogP contribution >= 0.6 is 24.0 Å². The quantitative estimate of drug-likeness (QED) is 0.204. The predicted molar refractivity (Wildman–Crippen MR) is 162 cm³/mol. The van der Waals surface area contributed by atoms with Gasteiger partial charge in [-0.25, -0.2) is 13.1 Å². The van der Waals surface area contributed by atoms with Crippen molar-refractivity contribution in [2.45, 2.75) is 24.3 Å². The van der Waals surface area contributed by atoms with Crippen LogP contribution in [-0.2, 0) is 21.4 Å². The first-order valence-electron chi connectivity index (χ1n) is 13.0. The number of thioether (sulfide) groups is 1. The minimum atomic E-state index is -3.60. The highest BCUT2D eigenvalue weighted by Crippen LogP contribution is 2.36. The van der Waals surface area contributed by atoms with Crippen molar-refractivity contribution in [2.75, 3.05) is 13.1 Å². The van der Waals surface area contributed by atoms with E-state index < -0.39 is 10.0 Å². The van der Waals surface area contributed by atoms with Crippen LogP contribution in [0.15, 0.2) is 101 Å². The van der Waals surface area contributed by atoms with E-state index in [4.69, 9.17) is 17.3 Å². The minimum Gasteiger partial charge on any atom is -0.288 e. The van der Waals surface area contributed by atoms with Crippen molar-refractivity contribution >= 4 is 50.3 Å². The first-order valence-corrected chi connectivity index (χ1v) is 15.6. The van der Waals surface area contributed by atoms with Crippen molar-refractivity contribution < 1.29 is 13.2 Å². The number of benzene rings is 3. The lowest BCUT2D eigenvalue weighted by molar-refractivity contribution is -0.122. The Hall–Kier alpha value is -3.57. The molecule has 0 bridgehead atoms. The Bertz CT molecular complexity index is 1710. The summed E-state index contributed by atoms with van der Waals surface area (Å²) in [6, 6.07) is 26.3. The molecule has 2 aliphatic heterocycles. The van der Waals surface area contributed by atoms with Crippen molar-refractivity contribution in [3.8, 4) is 16.9 Å². The zero-order valence-corrected chi connectivity index (χ0v) is 24.0. The van der Waals surface area contributed by atoms with Crippen molar-refractivity contribution in [3.63, 3.8) is 0 Å². The van der Waals surface area contributed by atoms with Gasteiger partial charge >= 0.3 is 0 Å². The molecule has 1 aromatic heterocycles. The van der Waals surface area contributed by atoms with Crippen LogP contribution in [0.25, 0.3) is 23.0 Å². The molecule has 0 saturated carbocycles. The van der Waals surface area contributed by atoms with Gasteiger partial charge in [0.2, 0.25) is 10.0 Å². The van der Waals surface area contributed by atoms with Crippen molar-refractivity contribution in [2.24, 2.45) is 0 Å². The molecular weight excluding hydrogens is 561 g/mol. The van der Waals surface area contributed by atoms with Crippen LogP contribution in [0.5, 0.6) is 0 Å². The highest BCUT2D eigenvalue weighted by atomic mass is 32.2. The number of rotatable bonds is 7. The third-order valence-corrected chi connectivity index (χ3v) is 10.2. The normalized spacial score (nSPS) is 17.3. The van der Waals surface area contributed by atoms with Crippen molar-refractivity contribution in [1.29, 1.82) is 0 Å². The van der Waals surface area contributed by atoms with Gasteiger partial charge in [0.05, 0.1) is 22.0 Å². The molecule has 6 rings (SSSR count). The number of thiocarbonyl (C=S) groups is 1. The first kappa shape index (κ1) is 26.6. The summed E-state index contributed by atoms with van der Waals surface area (Å²) in [4.78, 5) is 15.8. The number of aromatic nitrogens is 2. The highest BCUT2D eigenvalue weighted by molar-refractivity contribution is 8.26. The van der Waals surface area contributed by atoms with Crippen LogP contribution in [0.4, 0.5) is 0 Å². The molecular formula is C30H26N4O3S3. The number of amides is 1. The van der Waals surface area contributed by atoms with Crippen LogP contribution in [0.1, 0.15) is 24.0 Å². The zero-order chi connectivity index (χ0) is 27.7. The van der Waals surface area contributed by atoms with E-state index in [-0.39, 0.29) is 10.8 Å². The van der Waals surface area contributed by atoms with Gasteiger partial charge < -0.3 is 0 Å². The smallest absolute Gasteiger partial charge is 0.266 e. The van der Waals surface area contributed by atoms with E-state index in [1.807, 2.05) is 72.9 Å². The van der Waals surface area contributed by atoms with Crippen LogP contribution in [0.2, 0.25) is 0 Å². The molecule has 40 heavy (non-hydrogen) atoms. The molecule has 2 saturated heterocycles. The van der Waals surface area contributed by atoms with Crippen molar-refractivity contribution in [3.05, 3.63) is 107 Å². The van der Waals surface area contributed by atoms with Gasteiger partial charge in [0.1, 0.15) is 10.0 Å². The lowest BCUT2D eigenvalue weighted by atomic mass is 10.1. The van der Waals surface area contributed by atoms with Gasteiger partial charge in [0, 0.05) is 30.4 Å². The topological polar surface area (TPSA) is 75.5 Å².